The summed E-state index contributed by atoms with van der Waals surface area (Å²) in [7, 11) is 0. The molecule has 1 atom stereocenters. The molecule has 0 amide bonds. The highest BCUT2D eigenvalue weighted by Gasteiger charge is 2.32. The van der Waals surface area contributed by atoms with Crippen LogP contribution in [0.4, 0.5) is 5.69 Å². The molecule has 1 aliphatic carbocycles. The monoisotopic (exact) mass is 409 g/mol. The zero-order valence-electron chi connectivity index (χ0n) is 16.8. The van der Waals surface area contributed by atoms with Gasteiger partial charge in [-0.15, -0.1) is 0 Å². The smallest absolute Gasteiger partial charge is 0.270 e. The number of carbonyl (C=O) groups is 1. The molecule has 2 aromatic rings. The van der Waals surface area contributed by atoms with E-state index in [2.05, 4.69) is 26.8 Å². The van der Waals surface area contributed by atoms with Crippen molar-refractivity contribution in [3.63, 3.8) is 0 Å². The minimum absolute atomic E-state index is 0.139. The van der Waals surface area contributed by atoms with E-state index in [4.69, 9.17) is 4.98 Å². The fourth-order valence-electron chi connectivity index (χ4n) is 3.70. The van der Waals surface area contributed by atoms with Gasteiger partial charge in [0.2, 0.25) is 0 Å². The van der Waals surface area contributed by atoms with E-state index in [0.29, 0.717) is 27.7 Å². The molecule has 150 valence electrons. The van der Waals surface area contributed by atoms with Gasteiger partial charge in [-0.25, -0.2) is 4.98 Å². The van der Waals surface area contributed by atoms with E-state index < -0.39 is 4.92 Å². The molecule has 1 heterocycles. The second-order valence-electron chi connectivity index (χ2n) is 8.04. The second-order valence-corrected chi connectivity index (χ2v) is 9.07. The molecular formula is C22H23N3O3S. The summed E-state index contributed by atoms with van der Waals surface area (Å²) in [6.45, 7) is 6.80. The number of nitro groups is 1. The summed E-state index contributed by atoms with van der Waals surface area (Å²) in [5.41, 5.74) is 2.93. The fraction of sp³-hybridized carbons (Fsp3) is 0.409. The summed E-state index contributed by atoms with van der Waals surface area (Å²) in [5, 5.41) is 21.1. The van der Waals surface area contributed by atoms with Crippen molar-refractivity contribution in [3.05, 3.63) is 56.8 Å². The number of nitriles is 1. The van der Waals surface area contributed by atoms with Crippen LogP contribution in [0.3, 0.4) is 0 Å². The number of hydrogen-bond acceptors (Lipinski definition) is 6. The predicted octanol–water partition coefficient (Wildman–Crippen LogP) is 5.37. The van der Waals surface area contributed by atoms with Gasteiger partial charge >= 0.3 is 0 Å². The molecule has 0 spiro atoms. The van der Waals surface area contributed by atoms with Crippen LogP contribution in [-0.2, 0) is 12.8 Å². The molecule has 7 heteroatoms. The van der Waals surface area contributed by atoms with Crippen LogP contribution in [0.5, 0.6) is 0 Å². The van der Waals surface area contributed by atoms with Gasteiger partial charge < -0.3 is 0 Å². The van der Waals surface area contributed by atoms with E-state index in [9.17, 15) is 20.2 Å². The van der Waals surface area contributed by atoms with E-state index in [1.54, 1.807) is 0 Å². The number of aldehydes is 1. The standard InChI is InChI=1S/C22H23N3O3S/c1-4-22(2,3)17-5-7-19-14(10-17)9-15(12-23)21(24-19)29-20-8-6-18(25(27)28)11-16(20)13-26/h6,8-9,11,13,17H,4-5,7,10H2,1-3H3/t17-/m0/s1. The van der Waals surface area contributed by atoms with Crippen LogP contribution >= 0.6 is 11.8 Å². The molecule has 0 bridgehead atoms. The third kappa shape index (κ3) is 4.33. The highest BCUT2D eigenvalue weighted by Crippen LogP contribution is 2.41. The van der Waals surface area contributed by atoms with Gasteiger partial charge in [0.25, 0.3) is 5.69 Å². The summed E-state index contributed by atoms with van der Waals surface area (Å²) in [5.74, 6) is 0.559. The van der Waals surface area contributed by atoms with Crippen molar-refractivity contribution in [3.8, 4) is 6.07 Å². The number of benzene rings is 1. The SMILES string of the molecule is CCC(C)(C)[C@H]1CCc2nc(Sc3ccc([N+](=O)[O-])cc3C=O)c(C#N)cc2C1. The first-order valence-electron chi connectivity index (χ1n) is 9.63. The van der Waals surface area contributed by atoms with Crippen molar-refractivity contribution in [2.45, 2.75) is 56.4 Å². The third-order valence-corrected chi connectivity index (χ3v) is 7.12. The van der Waals surface area contributed by atoms with Crippen molar-refractivity contribution >= 4 is 23.7 Å². The Labute approximate surface area is 174 Å². The molecular weight excluding hydrogens is 386 g/mol. The van der Waals surface area contributed by atoms with E-state index >= 15 is 0 Å². The number of nitro benzene ring substituents is 1. The normalized spacial score (nSPS) is 16.0. The molecule has 1 aromatic carbocycles. The van der Waals surface area contributed by atoms with Crippen LogP contribution in [0.1, 0.15) is 60.8 Å². The van der Waals surface area contributed by atoms with Crippen LogP contribution < -0.4 is 0 Å². The average molecular weight is 410 g/mol. The highest BCUT2D eigenvalue weighted by molar-refractivity contribution is 7.99. The molecule has 0 fully saturated rings. The Hall–Kier alpha value is -2.72. The van der Waals surface area contributed by atoms with Crippen molar-refractivity contribution in [1.29, 1.82) is 5.26 Å². The van der Waals surface area contributed by atoms with Crippen LogP contribution in [0.15, 0.2) is 34.2 Å². The topological polar surface area (TPSA) is 96.9 Å². The Kier molecular flexibility index (Phi) is 6.04. The number of fused-ring (bicyclic) bond motifs is 1. The minimum atomic E-state index is -0.534. The molecule has 0 radical (unpaired) electrons. The maximum absolute atomic E-state index is 11.4. The molecule has 6 nitrogen and oxygen atoms in total. The maximum atomic E-state index is 11.4. The Morgan fingerprint density at radius 2 is 2.17 bits per heavy atom. The predicted molar refractivity (Wildman–Crippen MR) is 111 cm³/mol. The summed E-state index contributed by atoms with van der Waals surface area (Å²) in [6.07, 6.45) is 4.54. The number of non-ortho nitro benzene ring substituents is 1. The van der Waals surface area contributed by atoms with E-state index in [-0.39, 0.29) is 16.7 Å². The van der Waals surface area contributed by atoms with Gasteiger partial charge in [-0.2, -0.15) is 5.26 Å². The number of carbonyl (C=O) groups excluding carboxylic acids is 1. The lowest BCUT2D eigenvalue weighted by molar-refractivity contribution is -0.384. The maximum Gasteiger partial charge on any atom is 0.270 e. The van der Waals surface area contributed by atoms with Crippen LogP contribution in [-0.4, -0.2) is 16.2 Å². The summed E-state index contributed by atoms with van der Waals surface area (Å²) in [4.78, 5) is 27.1. The zero-order chi connectivity index (χ0) is 21.2. The Bertz CT molecular complexity index is 1010. The molecule has 0 N–H and O–H groups in total. The first kappa shape index (κ1) is 21.0. The Balaban J connectivity index is 1.94. The van der Waals surface area contributed by atoms with Crippen molar-refractivity contribution in [2.75, 3.05) is 0 Å². The van der Waals surface area contributed by atoms with Gasteiger partial charge in [0, 0.05) is 28.3 Å². The molecule has 1 aliphatic rings. The number of nitrogens with zero attached hydrogens (tertiary/aromatic N) is 3. The lowest BCUT2D eigenvalue weighted by atomic mass is 9.69. The van der Waals surface area contributed by atoms with Gasteiger partial charge in [-0.3, -0.25) is 14.9 Å². The van der Waals surface area contributed by atoms with Gasteiger partial charge in [-0.05, 0) is 48.3 Å². The molecule has 1 aromatic heterocycles. The molecule has 0 saturated carbocycles. The van der Waals surface area contributed by atoms with Crippen LogP contribution in [0.2, 0.25) is 0 Å². The number of pyridine rings is 1. The summed E-state index contributed by atoms with van der Waals surface area (Å²) in [6, 6.07) is 8.29. The first-order chi connectivity index (χ1) is 13.8. The third-order valence-electron chi connectivity index (χ3n) is 6.03. The molecule has 0 saturated heterocycles. The fourth-order valence-corrected chi connectivity index (χ4v) is 4.64. The number of hydrogen-bond donors (Lipinski definition) is 0. The first-order valence-corrected chi connectivity index (χ1v) is 10.4. The van der Waals surface area contributed by atoms with E-state index in [1.165, 1.54) is 30.0 Å². The lowest BCUT2D eigenvalue weighted by Crippen LogP contribution is -2.29. The van der Waals surface area contributed by atoms with Gasteiger partial charge in [0.05, 0.1) is 10.5 Å². The quantitative estimate of drug-likeness (QED) is 0.362. The number of aryl methyl sites for hydroxylation is 1. The Morgan fingerprint density at radius 3 is 2.79 bits per heavy atom. The summed E-state index contributed by atoms with van der Waals surface area (Å²) < 4.78 is 0. The zero-order valence-corrected chi connectivity index (χ0v) is 17.6. The van der Waals surface area contributed by atoms with Crippen molar-refractivity contribution < 1.29 is 9.72 Å². The van der Waals surface area contributed by atoms with Crippen molar-refractivity contribution in [1.82, 2.24) is 4.98 Å². The van der Waals surface area contributed by atoms with E-state index in [1.807, 2.05) is 6.07 Å². The number of aromatic nitrogens is 1. The largest absolute Gasteiger partial charge is 0.298 e. The van der Waals surface area contributed by atoms with Crippen LogP contribution in [0, 0.1) is 32.8 Å². The second kappa shape index (κ2) is 8.34. The van der Waals surface area contributed by atoms with Gasteiger partial charge in [0.15, 0.2) is 6.29 Å². The molecule has 29 heavy (non-hydrogen) atoms. The molecule has 0 unspecified atom stereocenters. The van der Waals surface area contributed by atoms with Gasteiger partial charge in [0.1, 0.15) is 11.1 Å². The van der Waals surface area contributed by atoms with Crippen LogP contribution in [0.25, 0.3) is 0 Å². The minimum Gasteiger partial charge on any atom is -0.298 e. The molecule has 3 rings (SSSR count). The summed E-state index contributed by atoms with van der Waals surface area (Å²) >= 11 is 1.21. The lowest BCUT2D eigenvalue weighted by Gasteiger charge is -2.37. The number of rotatable bonds is 6. The molecule has 0 aliphatic heterocycles. The Morgan fingerprint density at radius 1 is 1.41 bits per heavy atom. The average Bonchev–Trinajstić information content (AvgIpc) is 2.72. The van der Waals surface area contributed by atoms with Gasteiger partial charge in [-0.1, -0.05) is 39.0 Å². The van der Waals surface area contributed by atoms with E-state index in [0.717, 1.165) is 36.9 Å². The highest BCUT2D eigenvalue weighted by atomic mass is 32.2. The van der Waals surface area contributed by atoms with Crippen molar-refractivity contribution in [2.24, 2.45) is 11.3 Å².